The summed E-state index contributed by atoms with van der Waals surface area (Å²) in [5, 5.41) is 11.0. The van der Waals surface area contributed by atoms with Crippen molar-refractivity contribution in [3.05, 3.63) is 29.0 Å². The van der Waals surface area contributed by atoms with Crippen LogP contribution < -0.4 is 11.1 Å². The number of halogens is 1. The predicted octanol–water partition coefficient (Wildman–Crippen LogP) is 2.13. The maximum Gasteiger partial charge on any atom is 0.324 e. The molecule has 0 atom stereocenters. The molecule has 2 amide bonds. The third-order valence-electron chi connectivity index (χ3n) is 3.60. The second-order valence-electron chi connectivity index (χ2n) is 5.15. The number of nitrogens with zero attached hydrogens (tertiary/aromatic N) is 2. The Morgan fingerprint density at radius 3 is 2.90 bits per heavy atom. The van der Waals surface area contributed by atoms with Gasteiger partial charge in [-0.2, -0.15) is 0 Å². The quantitative estimate of drug-likeness (QED) is 0.574. The van der Waals surface area contributed by atoms with Crippen LogP contribution in [0.5, 0.6) is 0 Å². The standard InChI is InChI=1S/C14H20ClN5O/c15-11-6-2-8-18-12(11)7-3-9-20(13(16)17)14(21)19-10-4-1-5-10/h2,6,8,10H,1,3-5,7,9H2,(H3,16,17)(H,19,21). The first-order valence-electron chi connectivity index (χ1n) is 7.09. The van der Waals surface area contributed by atoms with Crippen LogP contribution in [-0.2, 0) is 6.42 Å². The number of amides is 2. The third-order valence-corrected chi connectivity index (χ3v) is 3.94. The summed E-state index contributed by atoms with van der Waals surface area (Å²) in [5.74, 6) is -0.237. The lowest BCUT2D eigenvalue weighted by molar-refractivity contribution is 0.207. The highest BCUT2D eigenvalue weighted by atomic mass is 35.5. The topological polar surface area (TPSA) is 95.1 Å². The normalized spacial score (nSPS) is 14.3. The highest BCUT2D eigenvalue weighted by Crippen LogP contribution is 2.18. The van der Waals surface area contributed by atoms with Crippen LogP contribution in [-0.4, -0.2) is 34.5 Å². The molecule has 0 spiro atoms. The number of carbonyl (C=O) groups is 1. The maximum atomic E-state index is 12.0. The van der Waals surface area contributed by atoms with Gasteiger partial charge in [0.05, 0.1) is 10.7 Å². The molecule has 7 heteroatoms. The zero-order valence-electron chi connectivity index (χ0n) is 11.8. The lowest BCUT2D eigenvalue weighted by Gasteiger charge is -2.30. The molecule has 1 saturated carbocycles. The molecule has 1 aliphatic rings. The number of carbonyl (C=O) groups excluding carboxylic acids is 1. The van der Waals surface area contributed by atoms with E-state index in [4.69, 9.17) is 22.7 Å². The van der Waals surface area contributed by atoms with Crippen LogP contribution in [0.3, 0.4) is 0 Å². The van der Waals surface area contributed by atoms with Crippen LogP contribution >= 0.6 is 11.6 Å². The number of aryl methyl sites for hydroxylation is 1. The van der Waals surface area contributed by atoms with E-state index in [-0.39, 0.29) is 18.0 Å². The van der Waals surface area contributed by atoms with Crippen molar-refractivity contribution < 1.29 is 4.79 Å². The van der Waals surface area contributed by atoms with Gasteiger partial charge in [0.2, 0.25) is 0 Å². The van der Waals surface area contributed by atoms with E-state index < -0.39 is 0 Å². The number of guanidine groups is 1. The molecule has 0 aliphatic heterocycles. The molecule has 0 bridgehead atoms. The molecule has 1 fully saturated rings. The van der Waals surface area contributed by atoms with Crippen LogP contribution in [0.2, 0.25) is 5.02 Å². The van der Waals surface area contributed by atoms with Crippen LogP contribution in [0.15, 0.2) is 18.3 Å². The molecular formula is C14H20ClN5O. The molecule has 0 aromatic carbocycles. The first-order valence-corrected chi connectivity index (χ1v) is 7.47. The molecule has 0 saturated heterocycles. The second kappa shape index (κ2) is 7.26. The average molecular weight is 310 g/mol. The van der Waals surface area contributed by atoms with Crippen molar-refractivity contribution in [2.45, 2.75) is 38.1 Å². The maximum absolute atomic E-state index is 12.0. The Balaban J connectivity index is 1.83. The summed E-state index contributed by atoms with van der Waals surface area (Å²) in [4.78, 5) is 17.5. The van der Waals surface area contributed by atoms with Crippen molar-refractivity contribution in [1.82, 2.24) is 15.2 Å². The van der Waals surface area contributed by atoms with Gasteiger partial charge in [-0.1, -0.05) is 11.6 Å². The van der Waals surface area contributed by atoms with E-state index in [1.165, 1.54) is 4.90 Å². The molecule has 4 N–H and O–H groups in total. The van der Waals surface area contributed by atoms with Gasteiger partial charge in [0, 0.05) is 18.8 Å². The van der Waals surface area contributed by atoms with Gasteiger partial charge in [0.25, 0.3) is 0 Å². The Kier molecular flexibility index (Phi) is 5.38. The van der Waals surface area contributed by atoms with Gasteiger partial charge >= 0.3 is 6.03 Å². The fourth-order valence-corrected chi connectivity index (χ4v) is 2.36. The van der Waals surface area contributed by atoms with E-state index in [1.807, 2.05) is 0 Å². The third kappa shape index (κ3) is 4.32. The predicted molar refractivity (Wildman–Crippen MR) is 82.4 cm³/mol. The molecule has 2 rings (SSSR count). The molecule has 0 unspecified atom stereocenters. The summed E-state index contributed by atoms with van der Waals surface area (Å²) in [6, 6.07) is 3.50. The molecule has 1 heterocycles. The zero-order valence-corrected chi connectivity index (χ0v) is 12.6. The van der Waals surface area contributed by atoms with E-state index in [1.54, 1.807) is 18.3 Å². The summed E-state index contributed by atoms with van der Waals surface area (Å²) < 4.78 is 0. The van der Waals surface area contributed by atoms with Gasteiger partial charge in [-0.05, 0) is 44.2 Å². The zero-order chi connectivity index (χ0) is 15.2. The summed E-state index contributed by atoms with van der Waals surface area (Å²) in [6.45, 7) is 0.376. The van der Waals surface area contributed by atoms with Gasteiger partial charge in [0.1, 0.15) is 0 Å². The summed E-state index contributed by atoms with van der Waals surface area (Å²) in [6.07, 6.45) is 6.12. The van der Waals surface area contributed by atoms with Crippen LogP contribution in [0.1, 0.15) is 31.4 Å². The fourth-order valence-electron chi connectivity index (χ4n) is 2.14. The van der Waals surface area contributed by atoms with Gasteiger partial charge in [-0.15, -0.1) is 0 Å². The molecular weight excluding hydrogens is 290 g/mol. The Labute approximate surface area is 129 Å². The number of hydrogen-bond acceptors (Lipinski definition) is 3. The number of urea groups is 1. The molecule has 21 heavy (non-hydrogen) atoms. The van der Waals surface area contributed by atoms with Gasteiger partial charge < -0.3 is 11.1 Å². The van der Waals surface area contributed by atoms with Crippen molar-refractivity contribution in [3.8, 4) is 0 Å². The highest BCUT2D eigenvalue weighted by molar-refractivity contribution is 6.31. The Bertz CT molecular complexity index is 518. The van der Waals surface area contributed by atoms with Crippen molar-refractivity contribution >= 4 is 23.6 Å². The van der Waals surface area contributed by atoms with Crippen molar-refractivity contribution in [2.24, 2.45) is 5.73 Å². The minimum Gasteiger partial charge on any atom is -0.370 e. The first-order chi connectivity index (χ1) is 10.1. The molecule has 114 valence electrons. The van der Waals surface area contributed by atoms with Crippen LogP contribution in [0, 0.1) is 5.41 Å². The Morgan fingerprint density at radius 1 is 1.57 bits per heavy atom. The molecule has 6 nitrogen and oxygen atoms in total. The SMILES string of the molecule is N=C(N)N(CCCc1ncccc1Cl)C(=O)NC1CCC1. The van der Waals surface area contributed by atoms with E-state index in [0.29, 0.717) is 24.4 Å². The summed E-state index contributed by atoms with van der Waals surface area (Å²) >= 11 is 6.04. The van der Waals surface area contributed by atoms with Crippen LogP contribution in [0.25, 0.3) is 0 Å². The highest BCUT2D eigenvalue weighted by Gasteiger charge is 2.23. The van der Waals surface area contributed by atoms with Crippen molar-refractivity contribution in [2.75, 3.05) is 6.54 Å². The van der Waals surface area contributed by atoms with E-state index in [0.717, 1.165) is 25.0 Å². The lowest BCUT2D eigenvalue weighted by Crippen LogP contribution is -2.51. The molecule has 0 radical (unpaired) electrons. The van der Waals surface area contributed by atoms with Gasteiger partial charge in [-0.25, -0.2) is 4.79 Å². The first kappa shape index (κ1) is 15.6. The molecule has 1 aromatic heterocycles. The molecule has 1 aromatic rings. The Morgan fingerprint density at radius 2 is 2.33 bits per heavy atom. The number of aromatic nitrogens is 1. The second-order valence-corrected chi connectivity index (χ2v) is 5.56. The van der Waals surface area contributed by atoms with Crippen molar-refractivity contribution in [1.29, 1.82) is 5.41 Å². The van der Waals surface area contributed by atoms with Crippen molar-refractivity contribution in [3.63, 3.8) is 0 Å². The number of nitrogens with one attached hydrogen (secondary N) is 2. The van der Waals surface area contributed by atoms with E-state index in [2.05, 4.69) is 10.3 Å². The lowest BCUT2D eigenvalue weighted by atomic mass is 9.93. The fraction of sp³-hybridized carbons (Fsp3) is 0.500. The Hall–Kier alpha value is -1.82. The minimum absolute atomic E-state index is 0.226. The van der Waals surface area contributed by atoms with Gasteiger partial charge in [0.15, 0.2) is 5.96 Å². The van der Waals surface area contributed by atoms with E-state index in [9.17, 15) is 4.79 Å². The minimum atomic E-state index is -0.292. The smallest absolute Gasteiger partial charge is 0.324 e. The summed E-state index contributed by atoms with van der Waals surface area (Å²) in [7, 11) is 0. The number of rotatable bonds is 5. The van der Waals surface area contributed by atoms with Gasteiger partial charge in [-0.3, -0.25) is 15.3 Å². The number of pyridine rings is 1. The monoisotopic (exact) mass is 309 g/mol. The van der Waals surface area contributed by atoms with E-state index >= 15 is 0 Å². The molecule has 1 aliphatic carbocycles. The number of hydrogen-bond donors (Lipinski definition) is 3. The summed E-state index contributed by atoms with van der Waals surface area (Å²) in [5.41, 5.74) is 6.28. The number of nitrogens with two attached hydrogens (primary N) is 1. The largest absolute Gasteiger partial charge is 0.370 e. The average Bonchev–Trinajstić information content (AvgIpc) is 2.40. The van der Waals surface area contributed by atoms with Crippen LogP contribution in [0.4, 0.5) is 4.79 Å².